The summed E-state index contributed by atoms with van der Waals surface area (Å²) >= 11 is 11.8. The van der Waals surface area contributed by atoms with Gasteiger partial charge in [-0.1, -0.05) is 47.5 Å². The number of rotatable bonds is 11. The number of carbonyl (C=O) groups is 1. The summed E-state index contributed by atoms with van der Waals surface area (Å²) in [7, 11) is 0. The Balaban J connectivity index is 1.28. The Morgan fingerprint density at radius 1 is 0.912 bits per heavy atom. The van der Waals surface area contributed by atoms with Crippen LogP contribution in [0.2, 0.25) is 10.0 Å². The fraction of sp³-hybridized carbons (Fsp3) is 0.259. The molecule has 0 aliphatic rings. The molecule has 0 aliphatic carbocycles. The molecule has 1 N–H and O–H groups in total. The monoisotopic (exact) mass is 495 g/mol. The maximum absolute atomic E-state index is 12.2. The van der Waals surface area contributed by atoms with E-state index in [0.717, 1.165) is 54.0 Å². The van der Waals surface area contributed by atoms with Gasteiger partial charge in [0.25, 0.3) is 0 Å². The molecule has 0 spiro atoms. The van der Waals surface area contributed by atoms with E-state index < -0.39 is 0 Å². The van der Waals surface area contributed by atoms with Gasteiger partial charge in [0.15, 0.2) is 0 Å². The van der Waals surface area contributed by atoms with Crippen LogP contribution in [0.25, 0.3) is 11.0 Å². The van der Waals surface area contributed by atoms with Crippen LogP contribution in [0.15, 0.2) is 72.8 Å². The fourth-order valence-corrected chi connectivity index (χ4v) is 4.09. The highest BCUT2D eigenvalue weighted by molar-refractivity contribution is 6.30. The van der Waals surface area contributed by atoms with E-state index in [0.29, 0.717) is 29.6 Å². The van der Waals surface area contributed by atoms with E-state index in [2.05, 4.69) is 16.0 Å². The summed E-state index contributed by atoms with van der Waals surface area (Å²) in [5.41, 5.74) is 3.06. The molecule has 34 heavy (non-hydrogen) atoms. The highest BCUT2D eigenvalue weighted by Crippen LogP contribution is 2.19. The number of fused-ring (bicyclic) bond motifs is 1. The van der Waals surface area contributed by atoms with Gasteiger partial charge in [-0.2, -0.15) is 0 Å². The highest BCUT2D eigenvalue weighted by Gasteiger charge is 2.11. The van der Waals surface area contributed by atoms with Crippen molar-refractivity contribution in [3.05, 3.63) is 94.2 Å². The third-order valence-corrected chi connectivity index (χ3v) is 6.02. The summed E-state index contributed by atoms with van der Waals surface area (Å²) in [5.74, 6) is 1.85. The second-order valence-corrected chi connectivity index (χ2v) is 8.95. The predicted octanol–water partition coefficient (Wildman–Crippen LogP) is 6.10. The molecule has 4 aromatic rings. The molecular formula is C27H27Cl2N3O2. The zero-order valence-corrected chi connectivity index (χ0v) is 20.4. The first kappa shape index (κ1) is 24.1. The van der Waals surface area contributed by atoms with Crippen molar-refractivity contribution in [2.75, 3.05) is 13.2 Å². The Kier molecular flexibility index (Phi) is 8.45. The van der Waals surface area contributed by atoms with Gasteiger partial charge in [-0.3, -0.25) is 4.79 Å². The van der Waals surface area contributed by atoms with Crippen molar-refractivity contribution in [2.24, 2.45) is 0 Å². The van der Waals surface area contributed by atoms with Crippen molar-refractivity contribution < 1.29 is 9.53 Å². The number of nitrogens with zero attached hydrogens (tertiary/aromatic N) is 2. The molecule has 0 aliphatic heterocycles. The van der Waals surface area contributed by atoms with Gasteiger partial charge < -0.3 is 14.6 Å². The molecule has 3 aromatic carbocycles. The number of nitrogens with one attached hydrogen (secondary N) is 1. The Morgan fingerprint density at radius 2 is 1.62 bits per heavy atom. The highest BCUT2D eigenvalue weighted by atomic mass is 35.5. The lowest BCUT2D eigenvalue weighted by molar-refractivity contribution is -0.120. The van der Waals surface area contributed by atoms with Crippen molar-refractivity contribution in [2.45, 2.75) is 32.2 Å². The van der Waals surface area contributed by atoms with Crippen molar-refractivity contribution in [3.63, 3.8) is 0 Å². The van der Waals surface area contributed by atoms with E-state index in [4.69, 9.17) is 32.9 Å². The smallest absolute Gasteiger partial charge is 0.224 e. The first-order valence-electron chi connectivity index (χ1n) is 11.4. The lowest BCUT2D eigenvalue weighted by atomic mass is 10.1. The molecule has 1 heterocycles. The molecule has 0 bridgehead atoms. The summed E-state index contributed by atoms with van der Waals surface area (Å²) in [6.07, 6.45) is 2.81. The molecule has 0 saturated heterocycles. The van der Waals surface area contributed by atoms with E-state index in [9.17, 15) is 4.79 Å². The minimum atomic E-state index is 0.00942. The number of hydrogen-bond donors (Lipinski definition) is 1. The molecule has 5 nitrogen and oxygen atoms in total. The van der Waals surface area contributed by atoms with Gasteiger partial charge in [0.05, 0.1) is 24.1 Å². The number of imidazole rings is 1. The third kappa shape index (κ3) is 6.75. The van der Waals surface area contributed by atoms with Crippen LogP contribution in [-0.4, -0.2) is 28.6 Å². The average Bonchev–Trinajstić information content (AvgIpc) is 3.19. The predicted molar refractivity (Wildman–Crippen MR) is 138 cm³/mol. The molecule has 0 saturated carbocycles. The molecule has 0 radical (unpaired) electrons. The molecule has 4 rings (SSSR count). The van der Waals surface area contributed by atoms with Crippen LogP contribution in [0.4, 0.5) is 0 Å². The van der Waals surface area contributed by atoms with Gasteiger partial charge in [0.2, 0.25) is 5.91 Å². The number of aryl methyl sites for hydroxylation is 2. The van der Waals surface area contributed by atoms with Gasteiger partial charge in [-0.05, 0) is 66.9 Å². The molecule has 0 atom stereocenters. The third-order valence-electron chi connectivity index (χ3n) is 5.52. The molecule has 1 amide bonds. The van der Waals surface area contributed by atoms with Gasteiger partial charge in [0, 0.05) is 29.6 Å². The van der Waals surface area contributed by atoms with E-state index in [1.807, 2.05) is 54.6 Å². The molecular weight excluding hydrogens is 469 g/mol. The number of para-hydroxylation sites is 2. The van der Waals surface area contributed by atoms with Crippen LogP contribution in [0.3, 0.4) is 0 Å². The number of hydrogen-bond acceptors (Lipinski definition) is 3. The van der Waals surface area contributed by atoms with E-state index >= 15 is 0 Å². The summed E-state index contributed by atoms with van der Waals surface area (Å²) in [6.45, 7) is 2.02. The quantitative estimate of drug-likeness (QED) is 0.255. The number of carbonyl (C=O) groups excluding carboxylic acids is 1. The number of benzene rings is 3. The standard InChI is InChI=1S/C27H27Cl2N3O2/c28-21-10-8-20(9-11-21)19-27(33)30-16-3-7-26-31-24-5-1-2-6-25(24)32(26)17-4-18-34-23-14-12-22(29)13-15-23/h1-2,5-6,8-15H,3-4,7,16-19H2,(H,30,33). The minimum absolute atomic E-state index is 0.00942. The lowest BCUT2D eigenvalue weighted by Gasteiger charge is -2.11. The van der Waals surface area contributed by atoms with Crippen LogP contribution in [0.5, 0.6) is 5.75 Å². The Bertz CT molecular complexity index is 1220. The maximum atomic E-state index is 12.2. The second-order valence-electron chi connectivity index (χ2n) is 8.08. The molecule has 7 heteroatoms. The number of ether oxygens (including phenoxy) is 1. The van der Waals surface area contributed by atoms with Crippen molar-refractivity contribution >= 4 is 40.1 Å². The second kappa shape index (κ2) is 11.9. The largest absolute Gasteiger partial charge is 0.494 e. The normalized spacial score (nSPS) is 11.0. The minimum Gasteiger partial charge on any atom is -0.494 e. The van der Waals surface area contributed by atoms with Gasteiger partial charge in [-0.25, -0.2) is 4.98 Å². The molecule has 0 fully saturated rings. The van der Waals surface area contributed by atoms with Crippen molar-refractivity contribution in [3.8, 4) is 5.75 Å². The summed E-state index contributed by atoms with van der Waals surface area (Å²) < 4.78 is 8.10. The Morgan fingerprint density at radius 3 is 2.38 bits per heavy atom. The molecule has 0 unspecified atom stereocenters. The van der Waals surface area contributed by atoms with Crippen molar-refractivity contribution in [1.82, 2.24) is 14.9 Å². The van der Waals surface area contributed by atoms with E-state index in [1.165, 1.54) is 0 Å². The molecule has 1 aromatic heterocycles. The van der Waals surface area contributed by atoms with Gasteiger partial charge in [0.1, 0.15) is 11.6 Å². The topological polar surface area (TPSA) is 56.2 Å². The first-order chi connectivity index (χ1) is 16.6. The zero-order valence-electron chi connectivity index (χ0n) is 18.8. The van der Waals surface area contributed by atoms with E-state index in [1.54, 1.807) is 12.1 Å². The maximum Gasteiger partial charge on any atom is 0.224 e. The SMILES string of the molecule is O=C(Cc1ccc(Cl)cc1)NCCCc1nc2ccccc2n1CCCOc1ccc(Cl)cc1. The van der Waals surface area contributed by atoms with Crippen LogP contribution < -0.4 is 10.1 Å². The van der Waals surface area contributed by atoms with Crippen LogP contribution in [0, 0.1) is 0 Å². The Hall–Kier alpha value is -3.02. The summed E-state index contributed by atoms with van der Waals surface area (Å²) in [6, 6.07) is 22.9. The number of aromatic nitrogens is 2. The number of halogens is 2. The Labute approximate surface area is 209 Å². The van der Waals surface area contributed by atoms with Crippen LogP contribution >= 0.6 is 23.2 Å². The van der Waals surface area contributed by atoms with Gasteiger partial charge in [-0.15, -0.1) is 0 Å². The first-order valence-corrected chi connectivity index (χ1v) is 12.2. The summed E-state index contributed by atoms with van der Waals surface area (Å²) in [4.78, 5) is 17.1. The number of amides is 1. The van der Waals surface area contributed by atoms with Crippen LogP contribution in [-0.2, 0) is 24.2 Å². The molecule has 176 valence electrons. The van der Waals surface area contributed by atoms with Gasteiger partial charge >= 0.3 is 0 Å². The fourth-order valence-electron chi connectivity index (χ4n) is 3.83. The average molecular weight is 496 g/mol. The van der Waals surface area contributed by atoms with Crippen LogP contribution in [0.1, 0.15) is 24.2 Å². The van der Waals surface area contributed by atoms with Crippen molar-refractivity contribution in [1.29, 1.82) is 0 Å². The zero-order chi connectivity index (χ0) is 23.8. The summed E-state index contributed by atoms with van der Waals surface area (Å²) in [5, 5.41) is 4.37. The lowest BCUT2D eigenvalue weighted by Crippen LogP contribution is -2.26. The van der Waals surface area contributed by atoms with E-state index in [-0.39, 0.29) is 5.91 Å².